The van der Waals surface area contributed by atoms with Gasteiger partial charge in [0.1, 0.15) is 0 Å². The van der Waals surface area contributed by atoms with Crippen molar-refractivity contribution in [3.05, 3.63) is 0 Å². The Bertz CT molecular complexity index is 273. The zero-order valence-electron chi connectivity index (χ0n) is 11.4. The smallest absolute Gasteiger partial charge is 0.309 e. The highest BCUT2D eigenvalue weighted by molar-refractivity contribution is 5.77. The van der Waals surface area contributed by atoms with Gasteiger partial charge in [0.25, 0.3) is 0 Å². The van der Waals surface area contributed by atoms with Gasteiger partial charge in [0.05, 0.1) is 12.5 Å². The third-order valence-electron chi connectivity index (χ3n) is 3.23. The summed E-state index contributed by atoms with van der Waals surface area (Å²) in [6.45, 7) is 7.24. The molecule has 0 aromatic carbocycles. The lowest BCUT2D eigenvalue weighted by Gasteiger charge is -2.31. The van der Waals surface area contributed by atoms with Gasteiger partial charge in [-0.1, -0.05) is 6.92 Å². The van der Waals surface area contributed by atoms with Crippen molar-refractivity contribution in [3.63, 3.8) is 0 Å². The molecule has 1 N–H and O–H groups in total. The Morgan fingerprint density at radius 2 is 1.94 bits per heavy atom. The molecule has 18 heavy (non-hydrogen) atoms. The third kappa shape index (κ3) is 4.64. The molecule has 1 rings (SSSR count). The maximum atomic E-state index is 11.8. The molecule has 0 bridgehead atoms. The third-order valence-corrected chi connectivity index (χ3v) is 3.23. The number of hydrogen-bond acceptors (Lipinski definition) is 4. The summed E-state index contributed by atoms with van der Waals surface area (Å²) in [7, 11) is 0. The minimum absolute atomic E-state index is 0.0252. The topological polar surface area (TPSA) is 58.6 Å². The fraction of sp³-hybridized carbons (Fsp3) is 0.846. The average molecular weight is 256 g/mol. The van der Waals surface area contributed by atoms with E-state index in [0.29, 0.717) is 26.1 Å². The number of rotatable bonds is 6. The van der Waals surface area contributed by atoms with Crippen molar-refractivity contribution in [1.29, 1.82) is 0 Å². The molecule has 1 aliphatic rings. The summed E-state index contributed by atoms with van der Waals surface area (Å²) < 4.78 is 5.00. The molecule has 1 heterocycles. The van der Waals surface area contributed by atoms with Crippen LogP contribution >= 0.6 is 0 Å². The van der Waals surface area contributed by atoms with E-state index < -0.39 is 0 Å². The quantitative estimate of drug-likeness (QED) is 0.564. The molecule has 5 heteroatoms. The van der Waals surface area contributed by atoms with Crippen molar-refractivity contribution in [2.75, 3.05) is 32.8 Å². The SMILES string of the molecule is CCNCCC(=O)N1CCC(C(=O)OCC)CC1. The van der Waals surface area contributed by atoms with Crippen molar-refractivity contribution in [3.8, 4) is 0 Å². The van der Waals surface area contributed by atoms with Crippen LogP contribution in [-0.2, 0) is 14.3 Å². The highest BCUT2D eigenvalue weighted by atomic mass is 16.5. The van der Waals surface area contributed by atoms with Crippen LogP contribution in [0.1, 0.15) is 33.1 Å². The zero-order chi connectivity index (χ0) is 13.4. The van der Waals surface area contributed by atoms with Crippen LogP contribution in [0, 0.1) is 5.92 Å². The number of likely N-dealkylation sites (tertiary alicyclic amines) is 1. The summed E-state index contributed by atoms with van der Waals surface area (Å²) >= 11 is 0. The van der Waals surface area contributed by atoms with Crippen LogP contribution in [0.15, 0.2) is 0 Å². The lowest BCUT2D eigenvalue weighted by Crippen LogP contribution is -2.41. The maximum absolute atomic E-state index is 11.8. The molecule has 0 unspecified atom stereocenters. The number of nitrogens with zero attached hydrogens (tertiary/aromatic N) is 1. The number of esters is 1. The summed E-state index contributed by atoms with van der Waals surface area (Å²) in [6, 6.07) is 0. The Morgan fingerprint density at radius 3 is 2.50 bits per heavy atom. The molecule has 0 aromatic heterocycles. The minimum atomic E-state index is -0.114. The monoisotopic (exact) mass is 256 g/mol. The van der Waals surface area contributed by atoms with E-state index in [1.165, 1.54) is 0 Å². The Morgan fingerprint density at radius 1 is 1.28 bits per heavy atom. The lowest BCUT2D eigenvalue weighted by atomic mass is 9.97. The molecular formula is C13H24N2O3. The fourth-order valence-corrected chi connectivity index (χ4v) is 2.15. The van der Waals surface area contributed by atoms with Crippen molar-refractivity contribution < 1.29 is 14.3 Å². The first kappa shape index (κ1) is 15.0. The molecule has 1 aliphatic heterocycles. The Labute approximate surface area is 109 Å². The average Bonchev–Trinajstić information content (AvgIpc) is 2.39. The Kier molecular flexibility index (Phi) is 6.72. The molecule has 1 amide bonds. The second-order valence-electron chi connectivity index (χ2n) is 4.51. The van der Waals surface area contributed by atoms with Gasteiger partial charge in [0, 0.05) is 26.1 Å². The van der Waals surface area contributed by atoms with Crippen LogP contribution in [0.3, 0.4) is 0 Å². The van der Waals surface area contributed by atoms with Gasteiger partial charge in [-0.2, -0.15) is 0 Å². The van der Waals surface area contributed by atoms with E-state index in [9.17, 15) is 9.59 Å². The molecule has 0 radical (unpaired) electrons. The Balaban J connectivity index is 2.26. The minimum Gasteiger partial charge on any atom is -0.466 e. The van der Waals surface area contributed by atoms with E-state index in [1.807, 2.05) is 18.7 Å². The van der Waals surface area contributed by atoms with Gasteiger partial charge in [0.15, 0.2) is 0 Å². The summed E-state index contributed by atoms with van der Waals surface area (Å²) in [5, 5.41) is 3.14. The van der Waals surface area contributed by atoms with Gasteiger partial charge >= 0.3 is 5.97 Å². The van der Waals surface area contributed by atoms with E-state index >= 15 is 0 Å². The normalized spacial score (nSPS) is 16.7. The highest BCUT2D eigenvalue weighted by Crippen LogP contribution is 2.19. The molecule has 0 saturated carbocycles. The van der Waals surface area contributed by atoms with Crippen LogP contribution in [0.4, 0.5) is 0 Å². The van der Waals surface area contributed by atoms with E-state index in [-0.39, 0.29) is 17.8 Å². The van der Waals surface area contributed by atoms with E-state index in [2.05, 4.69) is 5.32 Å². The second kappa shape index (κ2) is 8.08. The molecular weight excluding hydrogens is 232 g/mol. The van der Waals surface area contributed by atoms with Gasteiger partial charge < -0.3 is 15.0 Å². The maximum Gasteiger partial charge on any atom is 0.309 e. The molecule has 0 aromatic rings. The summed E-state index contributed by atoms with van der Waals surface area (Å²) in [6.07, 6.45) is 2.00. The van der Waals surface area contributed by atoms with Crippen molar-refractivity contribution in [2.24, 2.45) is 5.92 Å². The number of amides is 1. The van der Waals surface area contributed by atoms with Crippen molar-refractivity contribution >= 4 is 11.9 Å². The van der Waals surface area contributed by atoms with Crippen molar-refractivity contribution in [1.82, 2.24) is 10.2 Å². The number of ether oxygens (including phenoxy) is 1. The highest BCUT2D eigenvalue weighted by Gasteiger charge is 2.27. The van der Waals surface area contributed by atoms with Crippen LogP contribution in [-0.4, -0.2) is 49.6 Å². The van der Waals surface area contributed by atoms with Gasteiger partial charge in [-0.3, -0.25) is 9.59 Å². The summed E-state index contributed by atoms with van der Waals surface area (Å²) in [5.74, 6) is 0.0401. The molecule has 104 valence electrons. The number of carbonyl (C=O) groups excluding carboxylic acids is 2. The standard InChI is InChI=1S/C13H24N2O3/c1-3-14-8-5-12(16)15-9-6-11(7-10-15)13(17)18-4-2/h11,14H,3-10H2,1-2H3. The number of hydrogen-bond donors (Lipinski definition) is 1. The number of nitrogens with one attached hydrogen (secondary N) is 1. The van der Waals surface area contributed by atoms with Gasteiger partial charge in [0.2, 0.25) is 5.91 Å². The first-order chi connectivity index (χ1) is 8.69. The van der Waals surface area contributed by atoms with Crippen LogP contribution < -0.4 is 5.32 Å². The molecule has 1 fully saturated rings. The largest absolute Gasteiger partial charge is 0.466 e. The van der Waals surface area contributed by atoms with Crippen LogP contribution in [0.2, 0.25) is 0 Å². The van der Waals surface area contributed by atoms with Gasteiger partial charge in [-0.25, -0.2) is 0 Å². The molecule has 0 aliphatic carbocycles. The van der Waals surface area contributed by atoms with E-state index in [0.717, 1.165) is 25.9 Å². The predicted molar refractivity (Wildman–Crippen MR) is 69.1 cm³/mol. The predicted octanol–water partition coefficient (Wildman–Crippen LogP) is 0.788. The zero-order valence-corrected chi connectivity index (χ0v) is 11.4. The van der Waals surface area contributed by atoms with Crippen molar-refractivity contribution in [2.45, 2.75) is 33.1 Å². The van der Waals surface area contributed by atoms with Gasteiger partial charge in [-0.05, 0) is 26.3 Å². The first-order valence-corrected chi connectivity index (χ1v) is 6.84. The molecule has 0 atom stereocenters. The first-order valence-electron chi connectivity index (χ1n) is 6.84. The molecule has 1 saturated heterocycles. The fourth-order valence-electron chi connectivity index (χ4n) is 2.15. The van der Waals surface area contributed by atoms with Crippen LogP contribution in [0.25, 0.3) is 0 Å². The second-order valence-corrected chi connectivity index (χ2v) is 4.51. The van der Waals surface area contributed by atoms with E-state index in [1.54, 1.807) is 0 Å². The van der Waals surface area contributed by atoms with Crippen LogP contribution in [0.5, 0.6) is 0 Å². The molecule has 0 spiro atoms. The number of carbonyl (C=O) groups is 2. The van der Waals surface area contributed by atoms with Gasteiger partial charge in [-0.15, -0.1) is 0 Å². The summed E-state index contributed by atoms with van der Waals surface area (Å²) in [5.41, 5.74) is 0. The van der Waals surface area contributed by atoms with E-state index in [4.69, 9.17) is 4.74 Å². The molecule has 5 nitrogen and oxygen atoms in total. The lowest BCUT2D eigenvalue weighted by molar-refractivity contribution is -0.151. The summed E-state index contributed by atoms with van der Waals surface area (Å²) in [4.78, 5) is 25.2. The Hall–Kier alpha value is -1.10. The number of piperidine rings is 1.